The summed E-state index contributed by atoms with van der Waals surface area (Å²) >= 11 is 4.86. The van der Waals surface area contributed by atoms with Gasteiger partial charge in [-0.2, -0.15) is 0 Å². The summed E-state index contributed by atoms with van der Waals surface area (Å²) in [5.41, 5.74) is 6.68. The van der Waals surface area contributed by atoms with Gasteiger partial charge in [0.1, 0.15) is 4.88 Å². The molecule has 0 radical (unpaired) electrons. The second kappa shape index (κ2) is 5.94. The normalized spacial score (nSPS) is 21.8. The zero-order valence-corrected chi connectivity index (χ0v) is 14.1. The Morgan fingerprint density at radius 1 is 1.57 bits per heavy atom. The lowest BCUT2D eigenvalue weighted by Gasteiger charge is -2.14. The predicted octanol–water partition coefficient (Wildman–Crippen LogP) is 3.40. The third-order valence-electron chi connectivity index (χ3n) is 3.95. The lowest BCUT2D eigenvalue weighted by molar-refractivity contribution is 0.0911. The average Bonchev–Trinajstić information content (AvgIpc) is 3.01. The number of nitrogens with one attached hydrogen (secondary N) is 1. The summed E-state index contributed by atoms with van der Waals surface area (Å²) in [6.07, 6.45) is 1.21. The Hall–Kier alpha value is -1.11. The predicted molar refractivity (Wildman–Crippen MR) is 89.8 cm³/mol. The highest BCUT2D eigenvalue weighted by Crippen LogP contribution is 2.35. The van der Waals surface area contributed by atoms with Crippen LogP contribution in [0, 0.1) is 5.92 Å². The lowest BCUT2D eigenvalue weighted by atomic mass is 10.0. The summed E-state index contributed by atoms with van der Waals surface area (Å²) in [4.78, 5) is 12.9. The molecule has 1 aromatic heterocycles. The lowest BCUT2D eigenvalue weighted by Crippen LogP contribution is -2.31. The summed E-state index contributed by atoms with van der Waals surface area (Å²) in [6, 6.07) is 5.88. The number of rotatable bonds is 3. The van der Waals surface area contributed by atoms with E-state index >= 15 is 0 Å². The Morgan fingerprint density at radius 2 is 2.38 bits per heavy atom. The number of benzene rings is 1. The molecule has 21 heavy (non-hydrogen) atoms. The van der Waals surface area contributed by atoms with Gasteiger partial charge in [-0.15, -0.1) is 11.3 Å². The van der Waals surface area contributed by atoms with Crippen molar-refractivity contribution in [2.75, 3.05) is 18.9 Å². The molecule has 1 saturated heterocycles. The van der Waals surface area contributed by atoms with Gasteiger partial charge in [0.05, 0.1) is 11.8 Å². The van der Waals surface area contributed by atoms with Crippen molar-refractivity contribution < 1.29 is 9.53 Å². The summed E-state index contributed by atoms with van der Waals surface area (Å²) in [5.74, 6) is 0.294. The first-order valence-corrected chi connectivity index (χ1v) is 8.54. The smallest absolute Gasteiger partial charge is 0.263 e. The van der Waals surface area contributed by atoms with Gasteiger partial charge < -0.3 is 15.8 Å². The highest BCUT2D eigenvalue weighted by atomic mass is 79.9. The van der Waals surface area contributed by atoms with Crippen molar-refractivity contribution in [2.45, 2.75) is 19.4 Å². The van der Waals surface area contributed by atoms with Crippen LogP contribution in [0.3, 0.4) is 0 Å². The fourth-order valence-corrected chi connectivity index (χ4v) is 3.99. The van der Waals surface area contributed by atoms with Gasteiger partial charge in [-0.05, 0) is 31.5 Å². The summed E-state index contributed by atoms with van der Waals surface area (Å²) < 4.78 is 7.50. The second-order valence-corrected chi connectivity index (χ2v) is 7.29. The van der Waals surface area contributed by atoms with E-state index in [1.54, 1.807) is 0 Å². The minimum atomic E-state index is -0.0936. The molecule has 0 spiro atoms. The minimum absolute atomic E-state index is 0.0936. The highest BCUT2D eigenvalue weighted by Gasteiger charge is 2.25. The zero-order chi connectivity index (χ0) is 15.0. The Balaban J connectivity index is 1.76. The first kappa shape index (κ1) is 14.8. The number of nitrogen functional groups attached to an aromatic ring is 1. The van der Waals surface area contributed by atoms with Crippen molar-refractivity contribution >= 4 is 48.9 Å². The second-order valence-electron chi connectivity index (χ2n) is 5.32. The standard InChI is InChI=1S/C15H17BrN2O2S/c1-8-9(4-5-20-8)7-18-15(19)14-13(17)11-6-10(16)2-3-12(11)21-14/h2-3,6,8-9H,4-5,7,17H2,1H3,(H,18,19). The van der Waals surface area contributed by atoms with Crippen molar-refractivity contribution in [2.24, 2.45) is 5.92 Å². The van der Waals surface area contributed by atoms with Crippen LogP contribution in [0.2, 0.25) is 0 Å². The Morgan fingerprint density at radius 3 is 3.10 bits per heavy atom. The number of fused-ring (bicyclic) bond motifs is 1. The van der Waals surface area contributed by atoms with E-state index in [4.69, 9.17) is 10.5 Å². The fraction of sp³-hybridized carbons (Fsp3) is 0.400. The van der Waals surface area contributed by atoms with Crippen LogP contribution < -0.4 is 11.1 Å². The monoisotopic (exact) mass is 368 g/mol. The minimum Gasteiger partial charge on any atom is -0.397 e. The first-order chi connectivity index (χ1) is 10.1. The van der Waals surface area contributed by atoms with Crippen molar-refractivity contribution in [1.82, 2.24) is 5.32 Å². The molecule has 4 nitrogen and oxygen atoms in total. The molecular weight excluding hydrogens is 352 g/mol. The highest BCUT2D eigenvalue weighted by molar-refractivity contribution is 9.10. The fourth-order valence-electron chi connectivity index (χ4n) is 2.61. The molecule has 2 aromatic rings. The number of hydrogen-bond donors (Lipinski definition) is 2. The number of carbonyl (C=O) groups is 1. The van der Waals surface area contributed by atoms with Gasteiger partial charge in [-0.25, -0.2) is 0 Å². The molecule has 1 aliphatic rings. The molecule has 2 unspecified atom stereocenters. The largest absolute Gasteiger partial charge is 0.397 e. The maximum absolute atomic E-state index is 12.4. The summed E-state index contributed by atoms with van der Waals surface area (Å²) in [7, 11) is 0. The van der Waals surface area contributed by atoms with Crippen molar-refractivity contribution in [3.8, 4) is 0 Å². The summed E-state index contributed by atoms with van der Waals surface area (Å²) in [6.45, 7) is 3.47. The van der Waals surface area contributed by atoms with E-state index in [-0.39, 0.29) is 12.0 Å². The van der Waals surface area contributed by atoms with Crippen LogP contribution in [-0.2, 0) is 4.74 Å². The third-order valence-corrected chi connectivity index (χ3v) is 5.63. The number of thiophene rings is 1. The van der Waals surface area contributed by atoms with Crippen LogP contribution in [0.15, 0.2) is 22.7 Å². The molecule has 0 bridgehead atoms. The number of nitrogens with two attached hydrogens (primary N) is 1. The van der Waals surface area contributed by atoms with E-state index in [1.165, 1.54) is 11.3 Å². The molecule has 6 heteroatoms. The number of amides is 1. The van der Waals surface area contributed by atoms with Gasteiger partial charge in [0.25, 0.3) is 5.91 Å². The van der Waals surface area contributed by atoms with Gasteiger partial charge in [-0.1, -0.05) is 15.9 Å². The SMILES string of the molecule is CC1OCCC1CNC(=O)c1sc2ccc(Br)cc2c1N. The molecule has 2 heterocycles. The molecule has 112 valence electrons. The molecule has 0 aliphatic carbocycles. The van der Waals surface area contributed by atoms with Crippen LogP contribution >= 0.6 is 27.3 Å². The number of halogens is 1. The number of ether oxygens (including phenoxy) is 1. The van der Waals surface area contributed by atoms with Gasteiger partial charge in [0, 0.05) is 33.6 Å². The molecule has 1 aromatic carbocycles. The topological polar surface area (TPSA) is 64.3 Å². The molecule has 1 amide bonds. The van der Waals surface area contributed by atoms with E-state index in [1.807, 2.05) is 18.2 Å². The summed E-state index contributed by atoms with van der Waals surface area (Å²) in [5, 5.41) is 3.92. The first-order valence-electron chi connectivity index (χ1n) is 6.93. The maximum Gasteiger partial charge on any atom is 0.263 e. The molecule has 0 saturated carbocycles. The third kappa shape index (κ3) is 2.93. The molecule has 1 fully saturated rings. The van der Waals surface area contributed by atoms with Crippen LogP contribution in [-0.4, -0.2) is 25.2 Å². The van der Waals surface area contributed by atoms with E-state index in [0.29, 0.717) is 23.0 Å². The van der Waals surface area contributed by atoms with E-state index < -0.39 is 0 Å². The molecule has 2 atom stereocenters. The molecule has 3 N–H and O–H groups in total. The van der Waals surface area contributed by atoms with Crippen molar-refractivity contribution in [3.63, 3.8) is 0 Å². The van der Waals surface area contributed by atoms with E-state index in [9.17, 15) is 4.79 Å². The Bertz CT molecular complexity index is 686. The number of anilines is 1. The van der Waals surface area contributed by atoms with Crippen molar-refractivity contribution in [3.05, 3.63) is 27.5 Å². The molecule has 3 rings (SSSR count). The van der Waals surface area contributed by atoms with Crippen LogP contribution in [0.5, 0.6) is 0 Å². The van der Waals surface area contributed by atoms with Gasteiger partial charge in [0.15, 0.2) is 0 Å². The number of carbonyl (C=O) groups excluding carboxylic acids is 1. The van der Waals surface area contributed by atoms with Crippen LogP contribution in [0.4, 0.5) is 5.69 Å². The molecule has 1 aliphatic heterocycles. The van der Waals surface area contributed by atoms with E-state index in [0.717, 1.165) is 27.6 Å². The molecular formula is C15H17BrN2O2S. The average molecular weight is 369 g/mol. The van der Waals surface area contributed by atoms with Gasteiger partial charge in [-0.3, -0.25) is 4.79 Å². The quantitative estimate of drug-likeness (QED) is 0.872. The zero-order valence-electron chi connectivity index (χ0n) is 11.7. The van der Waals surface area contributed by atoms with Crippen molar-refractivity contribution in [1.29, 1.82) is 0 Å². The Labute approximate surface area is 135 Å². The Kier molecular flexibility index (Phi) is 4.19. The maximum atomic E-state index is 12.4. The van der Waals surface area contributed by atoms with Gasteiger partial charge in [0.2, 0.25) is 0 Å². The number of hydrogen-bond acceptors (Lipinski definition) is 4. The van der Waals surface area contributed by atoms with Crippen LogP contribution in [0.1, 0.15) is 23.0 Å². The van der Waals surface area contributed by atoms with Crippen LogP contribution in [0.25, 0.3) is 10.1 Å². The van der Waals surface area contributed by atoms with E-state index in [2.05, 4.69) is 28.2 Å². The van der Waals surface area contributed by atoms with Gasteiger partial charge >= 0.3 is 0 Å².